The Hall–Kier alpha value is -2.83. The van der Waals surface area contributed by atoms with Gasteiger partial charge in [0.05, 0.1) is 18.7 Å². The van der Waals surface area contributed by atoms with Crippen molar-refractivity contribution in [2.24, 2.45) is 0 Å². The average Bonchev–Trinajstić information content (AvgIpc) is 2.91. The van der Waals surface area contributed by atoms with Gasteiger partial charge in [0.1, 0.15) is 5.82 Å². The molecule has 1 aliphatic heterocycles. The number of fused-ring (bicyclic) bond motifs is 1. The minimum Gasteiger partial charge on any atom is -0.375 e. The van der Waals surface area contributed by atoms with Gasteiger partial charge in [-0.3, -0.25) is 9.59 Å². The zero-order chi connectivity index (χ0) is 20.6. The van der Waals surface area contributed by atoms with Gasteiger partial charge < -0.3 is 10.0 Å². The molecule has 0 saturated heterocycles. The molecule has 3 aromatic rings. The van der Waals surface area contributed by atoms with Crippen molar-refractivity contribution >= 4 is 33.3 Å². The monoisotopic (exact) mass is 453 g/mol. The fourth-order valence-electron chi connectivity index (χ4n) is 3.59. The number of carbonyl (C=O) groups excluding carboxylic acids is 2. The number of rotatable bonds is 5. The molecule has 4 nitrogen and oxygen atoms in total. The van der Waals surface area contributed by atoms with E-state index >= 15 is 0 Å². The molecule has 4 rings (SSSR count). The van der Waals surface area contributed by atoms with E-state index in [2.05, 4.69) is 15.9 Å². The summed E-state index contributed by atoms with van der Waals surface area (Å²) >= 11 is 3.37. The van der Waals surface area contributed by atoms with Crippen LogP contribution in [0.15, 0.2) is 77.3 Å². The molecule has 3 aromatic carbocycles. The highest BCUT2D eigenvalue weighted by Gasteiger charge is 2.51. The van der Waals surface area contributed by atoms with Crippen LogP contribution in [0.4, 0.5) is 10.1 Å². The summed E-state index contributed by atoms with van der Waals surface area (Å²) in [6.45, 7) is 0.279. The maximum atomic E-state index is 13.3. The molecule has 0 aromatic heterocycles. The molecule has 1 atom stereocenters. The fourth-order valence-corrected chi connectivity index (χ4v) is 3.95. The zero-order valence-corrected chi connectivity index (χ0v) is 16.9. The van der Waals surface area contributed by atoms with Crippen molar-refractivity contribution in [2.45, 2.75) is 18.6 Å². The van der Waals surface area contributed by atoms with E-state index in [0.717, 1.165) is 5.56 Å². The van der Waals surface area contributed by atoms with Crippen molar-refractivity contribution in [2.75, 3.05) is 4.90 Å². The Bertz CT molecular complexity index is 1090. The third-order valence-electron chi connectivity index (χ3n) is 5.06. The summed E-state index contributed by atoms with van der Waals surface area (Å²) in [5.41, 5.74) is 0.105. The van der Waals surface area contributed by atoms with Gasteiger partial charge in [-0.05, 0) is 48.0 Å². The van der Waals surface area contributed by atoms with Crippen LogP contribution in [0.3, 0.4) is 0 Å². The first kappa shape index (κ1) is 19.5. The molecular weight excluding hydrogens is 437 g/mol. The number of amides is 1. The lowest BCUT2D eigenvalue weighted by Gasteiger charge is -2.23. The highest BCUT2D eigenvalue weighted by Crippen LogP contribution is 2.44. The van der Waals surface area contributed by atoms with Crippen molar-refractivity contribution in [1.82, 2.24) is 0 Å². The van der Waals surface area contributed by atoms with Crippen LogP contribution in [-0.4, -0.2) is 16.8 Å². The predicted octanol–water partition coefficient (Wildman–Crippen LogP) is 4.60. The standard InChI is InChI=1S/C23H17BrFNO3/c24-17-8-11-20-19(12-17)23(29,13-21(27)16-6-9-18(25)10-7-16)22(28)26(20)14-15-4-2-1-3-5-15/h1-12,29H,13-14H2. The molecule has 0 saturated carbocycles. The van der Waals surface area contributed by atoms with Gasteiger partial charge in [-0.25, -0.2) is 4.39 Å². The first-order valence-electron chi connectivity index (χ1n) is 9.05. The minimum absolute atomic E-state index is 0.241. The molecule has 0 spiro atoms. The summed E-state index contributed by atoms with van der Waals surface area (Å²) in [4.78, 5) is 27.5. The quantitative estimate of drug-likeness (QED) is 0.574. The molecule has 29 heavy (non-hydrogen) atoms. The molecule has 0 radical (unpaired) electrons. The Labute approximate surface area is 175 Å². The van der Waals surface area contributed by atoms with E-state index in [-0.39, 0.29) is 12.1 Å². The molecule has 6 heteroatoms. The maximum absolute atomic E-state index is 13.3. The first-order valence-corrected chi connectivity index (χ1v) is 9.85. The maximum Gasteiger partial charge on any atom is 0.264 e. The van der Waals surface area contributed by atoms with Gasteiger partial charge in [0.25, 0.3) is 5.91 Å². The molecule has 1 aliphatic rings. The lowest BCUT2D eigenvalue weighted by Crippen LogP contribution is -2.41. The van der Waals surface area contributed by atoms with Crippen molar-refractivity contribution in [1.29, 1.82) is 0 Å². The molecule has 0 aliphatic carbocycles. The van der Waals surface area contributed by atoms with Crippen molar-refractivity contribution in [3.8, 4) is 0 Å². The van der Waals surface area contributed by atoms with E-state index in [1.54, 1.807) is 18.2 Å². The average molecular weight is 454 g/mol. The van der Waals surface area contributed by atoms with Crippen molar-refractivity contribution < 1.29 is 19.1 Å². The Morgan fingerprint density at radius 1 is 1.03 bits per heavy atom. The van der Waals surface area contributed by atoms with Crippen LogP contribution in [0.2, 0.25) is 0 Å². The molecular formula is C23H17BrFNO3. The molecule has 1 unspecified atom stereocenters. The summed E-state index contributed by atoms with van der Waals surface area (Å²) in [6, 6.07) is 19.7. The summed E-state index contributed by atoms with van der Waals surface area (Å²) < 4.78 is 13.9. The van der Waals surface area contributed by atoms with E-state index < -0.39 is 29.5 Å². The van der Waals surface area contributed by atoms with Crippen LogP contribution in [0.25, 0.3) is 0 Å². The second-order valence-corrected chi connectivity index (χ2v) is 7.92. The number of Topliss-reactive ketones (excluding diaryl/α,β-unsaturated/α-hetero) is 1. The van der Waals surface area contributed by atoms with Crippen LogP contribution in [0, 0.1) is 5.82 Å². The Morgan fingerprint density at radius 3 is 2.41 bits per heavy atom. The van der Waals surface area contributed by atoms with Gasteiger partial charge in [0.15, 0.2) is 11.4 Å². The van der Waals surface area contributed by atoms with Crippen LogP contribution < -0.4 is 4.90 Å². The SMILES string of the molecule is O=C(CC1(O)C(=O)N(Cc2ccccc2)c2ccc(Br)cc21)c1ccc(F)cc1. The number of halogens is 2. The number of nitrogens with zero attached hydrogens (tertiary/aromatic N) is 1. The van der Waals surface area contributed by atoms with Crippen LogP contribution in [0.5, 0.6) is 0 Å². The van der Waals surface area contributed by atoms with Crippen LogP contribution >= 0.6 is 15.9 Å². The number of anilines is 1. The molecule has 0 bridgehead atoms. The number of ketones is 1. The number of benzene rings is 3. The van der Waals surface area contributed by atoms with Gasteiger partial charge in [-0.15, -0.1) is 0 Å². The van der Waals surface area contributed by atoms with Gasteiger partial charge >= 0.3 is 0 Å². The highest BCUT2D eigenvalue weighted by atomic mass is 79.9. The minimum atomic E-state index is -1.99. The van der Waals surface area contributed by atoms with E-state index in [1.165, 1.54) is 29.2 Å². The van der Waals surface area contributed by atoms with E-state index in [9.17, 15) is 19.1 Å². The van der Waals surface area contributed by atoms with Crippen LogP contribution in [-0.2, 0) is 16.9 Å². The van der Waals surface area contributed by atoms with Crippen LogP contribution in [0.1, 0.15) is 27.9 Å². The molecule has 1 N–H and O–H groups in total. The number of carbonyl (C=O) groups is 2. The summed E-state index contributed by atoms with van der Waals surface area (Å²) in [7, 11) is 0. The van der Waals surface area contributed by atoms with Gasteiger partial charge in [0.2, 0.25) is 0 Å². The molecule has 146 valence electrons. The van der Waals surface area contributed by atoms with E-state index in [4.69, 9.17) is 0 Å². The molecule has 0 fully saturated rings. The summed E-state index contributed by atoms with van der Waals surface area (Å²) in [6.07, 6.45) is -0.424. The number of hydrogen-bond acceptors (Lipinski definition) is 3. The zero-order valence-electron chi connectivity index (χ0n) is 15.3. The van der Waals surface area contributed by atoms with Gasteiger partial charge in [-0.1, -0.05) is 46.3 Å². The van der Waals surface area contributed by atoms with Crippen molar-refractivity contribution in [3.63, 3.8) is 0 Å². The largest absolute Gasteiger partial charge is 0.375 e. The lowest BCUT2D eigenvalue weighted by molar-refractivity contribution is -0.136. The van der Waals surface area contributed by atoms with E-state index in [1.807, 2.05) is 30.3 Å². The number of aliphatic hydroxyl groups is 1. The Balaban J connectivity index is 1.71. The first-order chi connectivity index (χ1) is 13.9. The fraction of sp³-hybridized carbons (Fsp3) is 0.130. The van der Waals surface area contributed by atoms with Crippen molar-refractivity contribution in [3.05, 3.63) is 99.8 Å². The molecule has 1 heterocycles. The Morgan fingerprint density at radius 2 is 1.72 bits per heavy atom. The third kappa shape index (κ3) is 3.61. The lowest BCUT2D eigenvalue weighted by atomic mass is 9.88. The number of hydrogen-bond donors (Lipinski definition) is 1. The van der Waals surface area contributed by atoms with Gasteiger partial charge in [-0.2, -0.15) is 0 Å². The topological polar surface area (TPSA) is 57.6 Å². The van der Waals surface area contributed by atoms with E-state index in [0.29, 0.717) is 15.7 Å². The second kappa shape index (κ2) is 7.54. The third-order valence-corrected chi connectivity index (χ3v) is 5.55. The smallest absolute Gasteiger partial charge is 0.264 e. The summed E-state index contributed by atoms with van der Waals surface area (Å²) in [5.74, 6) is -1.45. The second-order valence-electron chi connectivity index (χ2n) is 7.01. The van der Waals surface area contributed by atoms with Gasteiger partial charge in [0, 0.05) is 15.6 Å². The summed E-state index contributed by atoms with van der Waals surface area (Å²) in [5, 5.41) is 11.4. The Kier molecular flexibility index (Phi) is 5.06. The normalized spacial score (nSPS) is 18.0. The molecule has 1 amide bonds. The highest BCUT2D eigenvalue weighted by molar-refractivity contribution is 9.10. The predicted molar refractivity (Wildman–Crippen MR) is 111 cm³/mol.